The second kappa shape index (κ2) is 29.4. The third-order valence-electron chi connectivity index (χ3n) is 24.0. The molecular weight excluding hydrogens is 1340 g/mol. The van der Waals surface area contributed by atoms with Crippen molar-refractivity contribution in [1.29, 1.82) is 0 Å². The summed E-state index contributed by atoms with van der Waals surface area (Å²) >= 11 is 0. The van der Waals surface area contributed by atoms with E-state index in [2.05, 4.69) is 458 Å². The molecule has 0 amide bonds. The molecule has 21 heteroatoms. The molecule has 0 radical (unpaired) electrons. The van der Waals surface area contributed by atoms with Gasteiger partial charge in [0.2, 0.25) is 0 Å². The lowest BCUT2D eigenvalue weighted by Crippen LogP contribution is -2.70. The highest BCUT2D eigenvalue weighted by Crippen LogP contribution is 2.47. The molecule has 11 aromatic rings. The minimum Gasteiger partial charge on any atom is -0.413 e. The highest BCUT2D eigenvalue weighted by Gasteiger charge is 2.55. The van der Waals surface area contributed by atoms with E-state index in [4.69, 9.17) is 4.98 Å². The van der Waals surface area contributed by atoms with Gasteiger partial charge in [-0.25, -0.2) is 19.1 Å². The summed E-state index contributed by atoms with van der Waals surface area (Å²) < 4.78 is 13.5. The van der Waals surface area contributed by atoms with Crippen LogP contribution in [0.3, 0.4) is 0 Å². The molecule has 546 valence electrons. The minimum absolute atomic E-state index is 0.0368. The molecule has 19 rings (SSSR count). The summed E-state index contributed by atoms with van der Waals surface area (Å²) in [6.07, 6.45) is 35.3. The van der Waals surface area contributed by atoms with Crippen molar-refractivity contribution in [2.24, 2.45) is 26.6 Å². The van der Waals surface area contributed by atoms with E-state index in [1.807, 2.05) is 6.07 Å². The predicted molar refractivity (Wildman–Crippen MR) is 455 cm³/mol. The van der Waals surface area contributed by atoms with Crippen molar-refractivity contribution in [1.82, 2.24) is 52.7 Å². The molecule has 7 aromatic carbocycles. The quantitative estimate of drug-likeness (QED) is 0.119. The van der Waals surface area contributed by atoms with E-state index < -0.39 is 0 Å². The van der Waals surface area contributed by atoms with Gasteiger partial charge in [0, 0.05) is 59.6 Å². The van der Waals surface area contributed by atoms with Crippen molar-refractivity contribution < 1.29 is 13.8 Å². The number of aromatic nitrogens is 8. The van der Waals surface area contributed by atoms with Gasteiger partial charge in [-0.2, -0.15) is 13.9 Å². The molecular formula is C88H102B5N16+3. The topological polar surface area (TPSA) is 78.1 Å². The maximum Gasteiger partial charge on any atom is 0.676 e. The number of benzene rings is 7. The number of aryl methyl sites for hydroxylation is 2. The van der Waals surface area contributed by atoms with Crippen LogP contribution in [0, 0.1) is 12.3 Å². The van der Waals surface area contributed by atoms with Crippen molar-refractivity contribution in [3.63, 3.8) is 0 Å². The fraction of sp³-hybridized carbons (Fsp3) is 0.261. The van der Waals surface area contributed by atoms with Crippen molar-refractivity contribution in [3.05, 3.63) is 301 Å². The lowest BCUT2D eigenvalue weighted by molar-refractivity contribution is -0.740. The summed E-state index contributed by atoms with van der Waals surface area (Å²) in [6.45, 7) is 22.1. The predicted octanol–water partition coefficient (Wildman–Crippen LogP) is 9.50. The SMILES string of the molecule is CC1N(B2c3ccccc3C=CN2C)C(C)(C)CC1(C)C.CN1C=Cc2cccc3c2B1n1c(cc[n+]1C)C3(C)C.CN1C=Cc2ccccc2B1[n+]1cccn1C.C[C@@H]1N(B2c3ccccc3C=CN2C)c2nccnc2N1c1ccccc1.Cc1n(C)c(B2c3ccccc3C=CN2C)c[n+]1-c1ccccc1. The molecule has 2 atom stereocenters. The molecule has 16 nitrogen and oxygen atoms in total. The summed E-state index contributed by atoms with van der Waals surface area (Å²) in [5.74, 6) is 3.03. The summed E-state index contributed by atoms with van der Waals surface area (Å²) in [4.78, 5) is 28.1. The van der Waals surface area contributed by atoms with Gasteiger partial charge in [-0.05, 0) is 216 Å². The van der Waals surface area contributed by atoms with Crippen molar-refractivity contribution in [3.8, 4) is 5.69 Å². The van der Waals surface area contributed by atoms with Gasteiger partial charge >= 0.3 is 34.8 Å². The standard InChI is InChI=1S/C21H20BN5.C20H21BN3.C18H27BN2.C16H19BN3.C13H15BN3/c1-16-26(18-9-4-3-5-10-18)20-21(24-14-13-23-20)27(16)22-19-11-7-6-8-17(19)12-15-25(22)2;1-16-23(3)20(15-24(16)18-10-5-4-6-11-18)21-19-12-8-7-9-17(19)13-14-22(21)2;1-14-17(2,3)13-18(4,5)21(14)19-16-10-8-7-9-15(16)11-12-20(19)6;1-16(2)13-7-5-6-12-8-10-18(3)17(15(12)13)20-14(16)9-11-19(20)4;1-15-11-8-12-6-3-4-7-13(12)14(15)17-10-5-9-16(17)2/h3-16H,1-2H3;4-15H,1-3H3;7-12,14H,13H2,1-6H3;5-11H,1-4H3;3-11H,1-2H3/q;+1;;2*+1/t16-;;;;/m0..../s1. The van der Waals surface area contributed by atoms with Gasteiger partial charge in [-0.1, -0.05) is 179 Å². The second-order valence-corrected chi connectivity index (χ2v) is 32.2. The number of fused-ring (bicyclic) bond motifs is 7. The van der Waals surface area contributed by atoms with Gasteiger partial charge < -0.3 is 38.6 Å². The number of anilines is 3. The summed E-state index contributed by atoms with van der Waals surface area (Å²) in [7, 11) is 17.1. The Hall–Kier alpha value is -11.2. The average molecular weight is 1440 g/mol. The Morgan fingerprint density at radius 3 is 1.60 bits per heavy atom. The Balaban J connectivity index is 0.000000109. The van der Waals surface area contributed by atoms with Gasteiger partial charge in [-0.3, -0.25) is 0 Å². The van der Waals surface area contributed by atoms with E-state index in [0.29, 0.717) is 18.4 Å². The Morgan fingerprint density at radius 2 is 0.991 bits per heavy atom. The van der Waals surface area contributed by atoms with Crippen molar-refractivity contribution in [2.45, 2.75) is 91.9 Å². The van der Waals surface area contributed by atoms with Crippen LogP contribution in [0.2, 0.25) is 0 Å². The van der Waals surface area contributed by atoms with Crippen molar-refractivity contribution >= 4 is 115 Å². The number of hydrogen-bond donors (Lipinski definition) is 0. The Bertz CT molecular complexity index is 5310. The first-order valence-electron chi connectivity index (χ1n) is 38.4. The van der Waals surface area contributed by atoms with E-state index in [-0.39, 0.29) is 44.9 Å². The van der Waals surface area contributed by atoms with Crippen LogP contribution in [-0.2, 0) is 26.6 Å². The van der Waals surface area contributed by atoms with Crippen LogP contribution >= 0.6 is 0 Å². The van der Waals surface area contributed by atoms with Gasteiger partial charge in [0.25, 0.3) is 5.82 Å². The lowest BCUT2D eigenvalue weighted by atomic mass is 9.49. The fourth-order valence-electron chi connectivity index (χ4n) is 18.4. The molecule has 8 aliphatic rings. The highest BCUT2D eigenvalue weighted by atomic mass is 15.5. The third kappa shape index (κ3) is 13.3. The molecule has 1 saturated heterocycles. The highest BCUT2D eigenvalue weighted by molar-refractivity contribution is 6.83. The summed E-state index contributed by atoms with van der Waals surface area (Å²) in [5.41, 5.74) is 20.4. The first kappa shape index (κ1) is 73.4. The zero-order valence-corrected chi connectivity index (χ0v) is 66.5. The molecule has 1 fully saturated rings. The van der Waals surface area contributed by atoms with Gasteiger partial charge in [0.05, 0.1) is 32.2 Å². The molecule has 0 aliphatic carbocycles. The number of nitrogens with zero attached hydrogens (tertiary/aromatic N) is 16. The molecule has 1 unspecified atom stereocenters. The largest absolute Gasteiger partial charge is 0.676 e. The number of rotatable bonds is 6. The Morgan fingerprint density at radius 1 is 0.486 bits per heavy atom. The van der Waals surface area contributed by atoms with Crippen LogP contribution < -0.4 is 56.5 Å². The van der Waals surface area contributed by atoms with Crippen LogP contribution in [0.5, 0.6) is 0 Å². The minimum atomic E-state index is 0.0368. The summed E-state index contributed by atoms with van der Waals surface area (Å²) in [6, 6.07) is 67.0. The second-order valence-electron chi connectivity index (χ2n) is 32.2. The average Bonchev–Trinajstić information content (AvgIpc) is 1.24. The molecule has 0 spiro atoms. The van der Waals surface area contributed by atoms with Gasteiger partial charge in [0.1, 0.15) is 17.5 Å². The lowest BCUT2D eigenvalue weighted by Gasteiger charge is -2.44. The van der Waals surface area contributed by atoms with Gasteiger partial charge in [0.15, 0.2) is 31.1 Å². The maximum atomic E-state index is 4.72. The molecule has 0 bridgehead atoms. The van der Waals surface area contributed by atoms with E-state index in [9.17, 15) is 0 Å². The first-order valence-corrected chi connectivity index (χ1v) is 38.4. The monoisotopic (exact) mass is 1440 g/mol. The van der Waals surface area contributed by atoms with E-state index in [0.717, 1.165) is 17.3 Å². The molecule has 4 aromatic heterocycles. The Labute approximate surface area is 648 Å². The van der Waals surface area contributed by atoms with Crippen LogP contribution in [0.15, 0.2) is 256 Å². The number of imidazole rings is 1. The van der Waals surface area contributed by atoms with Crippen LogP contribution in [0.4, 0.5) is 17.3 Å². The Kier molecular flexibility index (Phi) is 19.8. The van der Waals surface area contributed by atoms with E-state index in [1.54, 1.807) is 12.4 Å². The smallest absolute Gasteiger partial charge is 0.413 e. The number of hydrogen-bond acceptors (Lipinski definition) is 10. The first-order chi connectivity index (χ1) is 52.4. The van der Waals surface area contributed by atoms with Crippen molar-refractivity contribution in [2.75, 3.05) is 44.9 Å². The fourth-order valence-corrected chi connectivity index (χ4v) is 18.4. The van der Waals surface area contributed by atoms with E-state index >= 15 is 0 Å². The molecule has 0 saturated carbocycles. The summed E-state index contributed by atoms with van der Waals surface area (Å²) in [5, 5.41) is 0. The molecule has 0 N–H and O–H groups in total. The van der Waals surface area contributed by atoms with Crippen LogP contribution in [0.1, 0.15) is 107 Å². The van der Waals surface area contributed by atoms with Crippen LogP contribution in [-0.4, -0.2) is 140 Å². The normalized spacial score (nSPS) is 18.1. The van der Waals surface area contributed by atoms with E-state index in [1.165, 1.54) is 89.9 Å². The third-order valence-corrected chi connectivity index (χ3v) is 24.0. The molecule has 12 heterocycles. The van der Waals surface area contributed by atoms with Gasteiger partial charge in [-0.15, -0.1) is 4.68 Å². The molecule has 109 heavy (non-hydrogen) atoms. The van der Waals surface area contributed by atoms with Crippen LogP contribution in [0.25, 0.3) is 36.1 Å². The number of para-hydroxylation sites is 2. The zero-order valence-electron chi connectivity index (χ0n) is 66.5. The maximum absolute atomic E-state index is 4.72. The molecule has 8 aliphatic heterocycles. The zero-order chi connectivity index (χ0) is 76.4.